The van der Waals surface area contributed by atoms with Crippen LogP contribution in [-0.4, -0.2) is 50.3 Å². The minimum Gasteiger partial charge on any atom is -0.490 e. The lowest BCUT2D eigenvalue weighted by Crippen LogP contribution is -2.25. The Hall–Kier alpha value is -3.61. The van der Waals surface area contributed by atoms with Gasteiger partial charge >= 0.3 is 11.7 Å². The van der Waals surface area contributed by atoms with Gasteiger partial charge in [-0.15, -0.1) is 0 Å². The molecular formula is C18H21N5O7S. The summed E-state index contributed by atoms with van der Waals surface area (Å²) in [5, 5.41) is 30.5. The number of nitrogens with one attached hydrogen (secondary N) is 1. The molecule has 0 saturated heterocycles. The van der Waals surface area contributed by atoms with Crippen LogP contribution in [0.3, 0.4) is 0 Å². The normalized spacial score (nSPS) is 10.9. The zero-order valence-electron chi connectivity index (χ0n) is 16.9. The second kappa shape index (κ2) is 11.0. The molecule has 0 fully saturated rings. The molecule has 1 heterocycles. The van der Waals surface area contributed by atoms with Crippen molar-refractivity contribution in [3.63, 3.8) is 0 Å². The number of nitro benzene ring substituents is 1. The van der Waals surface area contributed by atoms with Gasteiger partial charge in [-0.3, -0.25) is 24.8 Å². The highest BCUT2D eigenvalue weighted by atomic mass is 32.1. The monoisotopic (exact) mass is 451 g/mol. The Morgan fingerprint density at radius 3 is 2.77 bits per heavy atom. The number of aromatic nitrogens is 3. The number of benzene rings is 1. The van der Waals surface area contributed by atoms with Gasteiger partial charge in [-0.1, -0.05) is 6.92 Å². The van der Waals surface area contributed by atoms with Gasteiger partial charge in [0.2, 0.25) is 10.5 Å². The molecule has 166 valence electrons. The van der Waals surface area contributed by atoms with Crippen LogP contribution in [0.25, 0.3) is 0 Å². The van der Waals surface area contributed by atoms with Crippen molar-refractivity contribution in [1.82, 2.24) is 14.9 Å². The topological polar surface area (TPSA) is 162 Å². The number of rotatable bonds is 11. The molecule has 0 saturated carbocycles. The predicted octanol–water partition coefficient (Wildman–Crippen LogP) is 2.30. The summed E-state index contributed by atoms with van der Waals surface area (Å²) in [6.07, 6.45) is 1.45. The number of carbonyl (C=O) groups is 1. The van der Waals surface area contributed by atoms with Gasteiger partial charge < -0.3 is 14.6 Å². The Kier molecular flexibility index (Phi) is 8.37. The van der Waals surface area contributed by atoms with E-state index in [4.69, 9.17) is 26.8 Å². The maximum absolute atomic E-state index is 12.5. The van der Waals surface area contributed by atoms with Gasteiger partial charge in [0.05, 0.1) is 30.8 Å². The first kappa shape index (κ1) is 23.7. The standard InChI is InChI=1S/C18H21N5O7S/c1-3-7-30-16-13(23(27)28)8-11(9-14(16)29-4-2)10-19-22-17(26)12(5-6-15(24)25)20-21-18(22)31/h8-10H,3-7H2,1-2H3,(H,21,31)(H,24,25)/b19-10-. The van der Waals surface area contributed by atoms with Gasteiger partial charge in [-0.2, -0.15) is 14.9 Å². The summed E-state index contributed by atoms with van der Waals surface area (Å²) in [6, 6.07) is 2.73. The number of carboxylic acids is 1. The SMILES string of the molecule is CCCOc1c(OCC)cc(/C=N\n2c(=S)[nH]nc(CCC(=O)O)c2=O)cc1[N+](=O)[O-]. The Morgan fingerprint density at radius 2 is 2.16 bits per heavy atom. The van der Waals surface area contributed by atoms with Crippen LogP contribution in [0.2, 0.25) is 0 Å². The van der Waals surface area contributed by atoms with Gasteiger partial charge in [0.15, 0.2) is 5.75 Å². The first-order chi connectivity index (χ1) is 14.8. The van der Waals surface area contributed by atoms with Crippen molar-refractivity contribution < 1.29 is 24.3 Å². The summed E-state index contributed by atoms with van der Waals surface area (Å²) in [7, 11) is 0. The number of carboxylic acid groups (broad SMARTS) is 1. The zero-order chi connectivity index (χ0) is 23.0. The second-order valence-corrected chi connectivity index (χ2v) is 6.52. The van der Waals surface area contributed by atoms with E-state index in [-0.39, 0.29) is 59.3 Å². The summed E-state index contributed by atoms with van der Waals surface area (Å²) in [5.74, 6) is -0.902. The molecule has 12 nitrogen and oxygen atoms in total. The van der Waals surface area contributed by atoms with Crippen molar-refractivity contribution >= 4 is 30.1 Å². The van der Waals surface area contributed by atoms with E-state index in [1.807, 2.05) is 6.92 Å². The molecule has 0 aliphatic heterocycles. The fraction of sp³-hybridized carbons (Fsp3) is 0.389. The van der Waals surface area contributed by atoms with Gasteiger partial charge in [0.25, 0.3) is 5.56 Å². The Labute approximate surface area is 181 Å². The molecule has 31 heavy (non-hydrogen) atoms. The summed E-state index contributed by atoms with van der Waals surface area (Å²) in [6.45, 7) is 4.12. The Balaban J connectivity index is 2.49. The summed E-state index contributed by atoms with van der Waals surface area (Å²) in [5.41, 5.74) is -0.791. The van der Waals surface area contributed by atoms with Crippen molar-refractivity contribution in [2.75, 3.05) is 13.2 Å². The van der Waals surface area contributed by atoms with E-state index in [1.165, 1.54) is 18.3 Å². The second-order valence-electron chi connectivity index (χ2n) is 6.14. The van der Waals surface area contributed by atoms with Crippen LogP contribution < -0.4 is 15.0 Å². The van der Waals surface area contributed by atoms with E-state index in [0.717, 1.165) is 4.68 Å². The maximum atomic E-state index is 12.5. The third kappa shape index (κ3) is 6.18. The molecule has 0 atom stereocenters. The third-order valence-corrected chi connectivity index (χ3v) is 4.08. The Bertz CT molecular complexity index is 1110. The summed E-state index contributed by atoms with van der Waals surface area (Å²) in [4.78, 5) is 34.2. The summed E-state index contributed by atoms with van der Waals surface area (Å²) >= 11 is 5.02. The molecule has 0 aliphatic rings. The number of ether oxygens (including phenoxy) is 2. The van der Waals surface area contributed by atoms with E-state index < -0.39 is 16.5 Å². The lowest BCUT2D eigenvalue weighted by molar-refractivity contribution is -0.386. The fourth-order valence-corrected chi connectivity index (χ4v) is 2.65. The van der Waals surface area contributed by atoms with Crippen LogP contribution in [0.15, 0.2) is 22.0 Å². The molecule has 1 aromatic heterocycles. The minimum atomic E-state index is -1.08. The van der Waals surface area contributed by atoms with E-state index >= 15 is 0 Å². The quantitative estimate of drug-likeness (QED) is 0.226. The largest absolute Gasteiger partial charge is 0.490 e. The van der Waals surface area contributed by atoms with E-state index in [9.17, 15) is 19.7 Å². The molecule has 2 rings (SSSR count). The molecular weight excluding hydrogens is 430 g/mol. The maximum Gasteiger partial charge on any atom is 0.315 e. The first-order valence-corrected chi connectivity index (χ1v) is 9.74. The molecule has 0 radical (unpaired) electrons. The highest BCUT2D eigenvalue weighted by Crippen LogP contribution is 2.38. The number of hydrogen-bond acceptors (Lipinski definition) is 9. The van der Waals surface area contributed by atoms with Crippen LogP contribution in [-0.2, 0) is 11.2 Å². The number of nitrogens with zero attached hydrogens (tertiary/aromatic N) is 4. The minimum absolute atomic E-state index is 0.0141. The van der Waals surface area contributed by atoms with Crippen molar-refractivity contribution in [3.05, 3.63) is 48.6 Å². The molecule has 0 bridgehead atoms. The number of hydrogen-bond donors (Lipinski definition) is 2. The van der Waals surface area contributed by atoms with Crippen molar-refractivity contribution in [2.45, 2.75) is 33.1 Å². The van der Waals surface area contributed by atoms with E-state index in [1.54, 1.807) is 6.92 Å². The lowest BCUT2D eigenvalue weighted by atomic mass is 10.2. The highest BCUT2D eigenvalue weighted by molar-refractivity contribution is 7.71. The number of aliphatic carboxylic acids is 1. The van der Waals surface area contributed by atoms with E-state index in [2.05, 4.69) is 15.3 Å². The number of H-pyrrole nitrogens is 1. The molecule has 0 spiro atoms. The predicted molar refractivity (Wildman–Crippen MR) is 113 cm³/mol. The first-order valence-electron chi connectivity index (χ1n) is 9.33. The van der Waals surface area contributed by atoms with Gasteiger partial charge in [0.1, 0.15) is 5.69 Å². The average molecular weight is 451 g/mol. The molecule has 13 heteroatoms. The van der Waals surface area contributed by atoms with E-state index in [0.29, 0.717) is 6.42 Å². The Morgan fingerprint density at radius 1 is 1.42 bits per heavy atom. The van der Waals surface area contributed by atoms with Gasteiger partial charge in [-0.05, 0) is 31.6 Å². The van der Waals surface area contributed by atoms with Crippen LogP contribution in [0.1, 0.15) is 37.9 Å². The van der Waals surface area contributed by atoms with Crippen molar-refractivity contribution in [1.29, 1.82) is 0 Å². The summed E-state index contributed by atoms with van der Waals surface area (Å²) < 4.78 is 11.7. The van der Waals surface area contributed by atoms with Crippen molar-refractivity contribution in [2.24, 2.45) is 5.10 Å². The van der Waals surface area contributed by atoms with Crippen LogP contribution in [0, 0.1) is 14.9 Å². The molecule has 1 aromatic carbocycles. The van der Waals surface area contributed by atoms with Gasteiger partial charge in [0, 0.05) is 18.1 Å². The molecule has 2 N–H and O–H groups in total. The molecule has 2 aromatic rings. The van der Waals surface area contributed by atoms with Gasteiger partial charge in [-0.25, -0.2) is 0 Å². The van der Waals surface area contributed by atoms with Crippen LogP contribution in [0.5, 0.6) is 11.5 Å². The smallest absolute Gasteiger partial charge is 0.315 e. The zero-order valence-corrected chi connectivity index (χ0v) is 17.7. The molecule has 0 amide bonds. The number of nitro groups is 1. The third-order valence-electron chi connectivity index (χ3n) is 3.82. The van der Waals surface area contributed by atoms with Crippen LogP contribution >= 0.6 is 12.2 Å². The lowest BCUT2D eigenvalue weighted by Gasteiger charge is -2.12. The average Bonchev–Trinajstić information content (AvgIpc) is 2.72. The number of aryl methyl sites for hydroxylation is 1. The number of aromatic amines is 1. The van der Waals surface area contributed by atoms with Crippen LogP contribution in [0.4, 0.5) is 5.69 Å². The highest BCUT2D eigenvalue weighted by Gasteiger charge is 2.22. The molecule has 0 aliphatic carbocycles. The van der Waals surface area contributed by atoms with Crippen molar-refractivity contribution in [3.8, 4) is 11.5 Å². The fourth-order valence-electron chi connectivity index (χ4n) is 2.47. The molecule has 0 unspecified atom stereocenters.